The van der Waals surface area contributed by atoms with Crippen molar-refractivity contribution in [2.24, 2.45) is 0 Å². The largest absolute Gasteiger partial charge is 0.0622 e. The molecule has 0 saturated heterocycles. The highest BCUT2D eigenvalue weighted by Crippen LogP contribution is 2.31. The Bertz CT molecular complexity index is 219. The number of benzene rings is 1. The molecule has 1 aromatic rings. The van der Waals surface area contributed by atoms with Gasteiger partial charge in [-0.2, -0.15) is 0 Å². The third-order valence-corrected chi connectivity index (χ3v) is 2.71. The molecule has 0 heterocycles. The molecule has 0 unspecified atom stereocenters. The van der Waals surface area contributed by atoms with Crippen molar-refractivity contribution >= 4 is 0 Å². The van der Waals surface area contributed by atoms with Crippen LogP contribution in [0.3, 0.4) is 0 Å². The molecule has 63 valence electrons. The molecular weight excluding hydrogens is 144 g/mol. The third kappa shape index (κ3) is 1.69. The predicted molar refractivity (Wildman–Crippen MR) is 52.0 cm³/mol. The Morgan fingerprint density at radius 3 is 2.25 bits per heavy atom. The molecule has 0 N–H and O–H groups in total. The average molecular weight is 159 g/mol. The summed E-state index contributed by atoms with van der Waals surface area (Å²) in [4.78, 5) is 0. The first-order valence-electron chi connectivity index (χ1n) is 4.83. The monoisotopic (exact) mass is 159 g/mol. The van der Waals surface area contributed by atoms with Crippen molar-refractivity contribution in [2.75, 3.05) is 0 Å². The highest BCUT2D eigenvalue weighted by Gasteiger charge is 2.14. The summed E-state index contributed by atoms with van der Waals surface area (Å²) in [5.74, 6) is 0.830. The molecule has 1 aliphatic rings. The minimum Gasteiger partial charge on any atom is -0.0622 e. The standard InChI is InChI=1S/C12H15/c1-3-7-11(8-4-1)12-9-5-2-6-10-12/h1-4,7-8,12H,5-6,9-10H2. The van der Waals surface area contributed by atoms with Gasteiger partial charge in [-0.15, -0.1) is 0 Å². The van der Waals surface area contributed by atoms with Crippen LogP contribution in [0.15, 0.2) is 30.3 Å². The molecule has 12 heavy (non-hydrogen) atoms. The fraction of sp³-hybridized carbons (Fsp3) is 0.417. The van der Waals surface area contributed by atoms with Crippen LogP contribution in [-0.4, -0.2) is 0 Å². The Morgan fingerprint density at radius 1 is 0.917 bits per heavy atom. The molecular formula is C12H15. The SMILES string of the molecule is [CH]1CCC(c2ccccc2)CC1. The summed E-state index contributed by atoms with van der Waals surface area (Å²) in [6.45, 7) is 0. The van der Waals surface area contributed by atoms with Gasteiger partial charge in [0.15, 0.2) is 0 Å². The zero-order valence-electron chi connectivity index (χ0n) is 7.37. The van der Waals surface area contributed by atoms with Crippen LogP contribution < -0.4 is 0 Å². The Labute approximate surface area is 74.6 Å². The van der Waals surface area contributed by atoms with Crippen LogP contribution in [0.5, 0.6) is 0 Å². The van der Waals surface area contributed by atoms with Crippen LogP contribution in [0, 0.1) is 6.42 Å². The summed E-state index contributed by atoms with van der Waals surface area (Å²) in [5.41, 5.74) is 1.53. The van der Waals surface area contributed by atoms with Gasteiger partial charge in [0.2, 0.25) is 0 Å². The summed E-state index contributed by atoms with van der Waals surface area (Å²) >= 11 is 0. The lowest BCUT2D eigenvalue weighted by Crippen LogP contribution is -2.04. The lowest BCUT2D eigenvalue weighted by molar-refractivity contribution is 0.512. The van der Waals surface area contributed by atoms with Gasteiger partial charge in [-0.3, -0.25) is 0 Å². The lowest BCUT2D eigenvalue weighted by atomic mass is 9.84. The van der Waals surface area contributed by atoms with Gasteiger partial charge in [0.05, 0.1) is 0 Å². The van der Waals surface area contributed by atoms with Gasteiger partial charge < -0.3 is 0 Å². The van der Waals surface area contributed by atoms with E-state index in [2.05, 4.69) is 36.8 Å². The fourth-order valence-corrected chi connectivity index (χ4v) is 1.99. The second-order valence-electron chi connectivity index (χ2n) is 3.55. The smallest absolute Gasteiger partial charge is 0.0162 e. The zero-order chi connectivity index (χ0) is 8.23. The molecule has 0 spiro atoms. The van der Waals surface area contributed by atoms with E-state index in [1.54, 1.807) is 0 Å². The van der Waals surface area contributed by atoms with Gasteiger partial charge in [-0.1, -0.05) is 30.3 Å². The second-order valence-corrected chi connectivity index (χ2v) is 3.55. The van der Waals surface area contributed by atoms with Crippen LogP contribution in [0.25, 0.3) is 0 Å². The van der Waals surface area contributed by atoms with Crippen LogP contribution in [-0.2, 0) is 0 Å². The van der Waals surface area contributed by atoms with Crippen molar-refractivity contribution in [1.82, 2.24) is 0 Å². The molecule has 0 aromatic heterocycles. The maximum absolute atomic E-state index is 2.42. The van der Waals surface area contributed by atoms with Gasteiger partial charge in [0, 0.05) is 0 Å². The topological polar surface area (TPSA) is 0 Å². The fourth-order valence-electron chi connectivity index (χ4n) is 1.99. The van der Waals surface area contributed by atoms with E-state index in [0.29, 0.717) is 0 Å². The molecule has 1 saturated carbocycles. The van der Waals surface area contributed by atoms with E-state index in [0.717, 1.165) is 5.92 Å². The molecule has 0 amide bonds. The van der Waals surface area contributed by atoms with E-state index in [-0.39, 0.29) is 0 Å². The summed E-state index contributed by atoms with van der Waals surface area (Å²) < 4.78 is 0. The second kappa shape index (κ2) is 3.75. The first kappa shape index (κ1) is 7.85. The molecule has 0 heteroatoms. The van der Waals surface area contributed by atoms with Crippen molar-refractivity contribution in [1.29, 1.82) is 0 Å². The molecule has 0 atom stereocenters. The molecule has 1 aromatic carbocycles. The van der Waals surface area contributed by atoms with Crippen LogP contribution in [0.1, 0.15) is 37.2 Å². The van der Waals surface area contributed by atoms with Crippen LogP contribution in [0.4, 0.5) is 0 Å². The van der Waals surface area contributed by atoms with E-state index in [1.165, 1.54) is 31.2 Å². The number of rotatable bonds is 1. The minimum atomic E-state index is 0.830. The van der Waals surface area contributed by atoms with Crippen molar-refractivity contribution < 1.29 is 0 Å². The normalized spacial score (nSPS) is 19.3. The Hall–Kier alpha value is -0.780. The van der Waals surface area contributed by atoms with E-state index in [4.69, 9.17) is 0 Å². The summed E-state index contributed by atoms with van der Waals surface area (Å²) in [7, 11) is 0. The molecule has 0 bridgehead atoms. The molecule has 2 rings (SSSR count). The average Bonchev–Trinajstić information content (AvgIpc) is 2.21. The summed E-state index contributed by atoms with van der Waals surface area (Å²) in [6.07, 6.45) is 7.73. The van der Waals surface area contributed by atoms with Crippen molar-refractivity contribution in [2.45, 2.75) is 31.6 Å². The Morgan fingerprint density at radius 2 is 1.58 bits per heavy atom. The number of hydrogen-bond acceptors (Lipinski definition) is 0. The maximum atomic E-state index is 2.42. The molecule has 1 radical (unpaired) electrons. The molecule has 1 fully saturated rings. The molecule has 0 nitrogen and oxygen atoms in total. The quantitative estimate of drug-likeness (QED) is 0.588. The molecule has 1 aliphatic carbocycles. The third-order valence-electron chi connectivity index (χ3n) is 2.71. The molecule has 0 aliphatic heterocycles. The lowest BCUT2D eigenvalue weighted by Gasteiger charge is -2.21. The van der Waals surface area contributed by atoms with Gasteiger partial charge in [-0.25, -0.2) is 0 Å². The summed E-state index contributed by atoms with van der Waals surface area (Å²) in [6, 6.07) is 10.9. The van der Waals surface area contributed by atoms with Crippen molar-refractivity contribution in [3.8, 4) is 0 Å². The van der Waals surface area contributed by atoms with Gasteiger partial charge in [0.25, 0.3) is 0 Å². The van der Waals surface area contributed by atoms with E-state index >= 15 is 0 Å². The highest BCUT2D eigenvalue weighted by molar-refractivity contribution is 5.20. The minimum absolute atomic E-state index is 0.830. The van der Waals surface area contributed by atoms with Gasteiger partial charge in [-0.05, 0) is 43.6 Å². The first-order valence-corrected chi connectivity index (χ1v) is 4.83. The van der Waals surface area contributed by atoms with Gasteiger partial charge >= 0.3 is 0 Å². The zero-order valence-corrected chi connectivity index (χ0v) is 7.37. The van der Waals surface area contributed by atoms with Crippen molar-refractivity contribution in [3.63, 3.8) is 0 Å². The Kier molecular flexibility index (Phi) is 2.45. The maximum Gasteiger partial charge on any atom is -0.0162 e. The van der Waals surface area contributed by atoms with Crippen LogP contribution in [0.2, 0.25) is 0 Å². The summed E-state index contributed by atoms with van der Waals surface area (Å²) in [5, 5.41) is 0. The highest BCUT2D eigenvalue weighted by atomic mass is 14.2. The first-order chi connectivity index (χ1) is 5.97. The Balaban J connectivity index is 2.08. The van der Waals surface area contributed by atoms with Crippen LogP contribution >= 0.6 is 0 Å². The van der Waals surface area contributed by atoms with E-state index in [1.807, 2.05) is 0 Å². The van der Waals surface area contributed by atoms with Gasteiger partial charge in [0.1, 0.15) is 0 Å². The van der Waals surface area contributed by atoms with E-state index < -0.39 is 0 Å². The van der Waals surface area contributed by atoms with Crippen molar-refractivity contribution in [3.05, 3.63) is 42.3 Å². The predicted octanol–water partition coefficient (Wildman–Crippen LogP) is 3.55. The number of hydrogen-bond donors (Lipinski definition) is 0. The van der Waals surface area contributed by atoms with E-state index in [9.17, 15) is 0 Å².